The first-order valence-electron chi connectivity index (χ1n) is 8.51. The molecule has 138 valence electrons. The first-order valence-corrected chi connectivity index (χ1v) is 8.51. The maximum absolute atomic E-state index is 12.0. The van der Waals surface area contributed by atoms with Crippen LogP contribution in [0.5, 0.6) is 0 Å². The SMILES string of the molecule is C=C1C=C(NC(=O)OC(C)(C)C)C(C)=C/C1=N/c1cc(C)c(N)cc1C. The molecule has 0 bridgehead atoms. The van der Waals surface area contributed by atoms with Crippen LogP contribution in [0.1, 0.15) is 38.8 Å². The monoisotopic (exact) mass is 353 g/mol. The van der Waals surface area contributed by atoms with E-state index in [0.717, 1.165) is 39.4 Å². The number of nitrogen functional groups attached to an aromatic ring is 1. The van der Waals surface area contributed by atoms with Crippen LogP contribution in [0.25, 0.3) is 0 Å². The van der Waals surface area contributed by atoms with E-state index in [4.69, 9.17) is 15.5 Å². The summed E-state index contributed by atoms with van der Waals surface area (Å²) in [6.45, 7) is 15.4. The molecule has 1 amide bonds. The van der Waals surface area contributed by atoms with Crippen molar-refractivity contribution in [2.75, 3.05) is 5.73 Å². The molecule has 1 aliphatic rings. The predicted molar refractivity (Wildman–Crippen MR) is 108 cm³/mol. The van der Waals surface area contributed by atoms with Crippen molar-refractivity contribution in [3.8, 4) is 0 Å². The molecule has 26 heavy (non-hydrogen) atoms. The Morgan fingerprint density at radius 3 is 2.42 bits per heavy atom. The van der Waals surface area contributed by atoms with Gasteiger partial charge in [0.15, 0.2) is 0 Å². The topological polar surface area (TPSA) is 76.7 Å². The van der Waals surface area contributed by atoms with Gasteiger partial charge in [-0.25, -0.2) is 9.79 Å². The number of ether oxygens (including phenoxy) is 1. The molecule has 5 nitrogen and oxygen atoms in total. The zero-order valence-corrected chi connectivity index (χ0v) is 16.4. The van der Waals surface area contributed by atoms with E-state index in [1.54, 1.807) is 6.08 Å². The van der Waals surface area contributed by atoms with Crippen LogP contribution in [0.3, 0.4) is 0 Å². The highest BCUT2D eigenvalue weighted by Gasteiger charge is 2.19. The largest absolute Gasteiger partial charge is 0.444 e. The summed E-state index contributed by atoms with van der Waals surface area (Å²) in [4.78, 5) is 16.7. The van der Waals surface area contributed by atoms with Gasteiger partial charge in [0.1, 0.15) is 5.60 Å². The number of nitrogens with one attached hydrogen (secondary N) is 1. The zero-order valence-electron chi connectivity index (χ0n) is 16.4. The highest BCUT2D eigenvalue weighted by atomic mass is 16.6. The van der Waals surface area contributed by atoms with E-state index >= 15 is 0 Å². The second kappa shape index (κ2) is 7.20. The number of anilines is 1. The molecule has 0 saturated carbocycles. The number of alkyl carbamates (subject to hydrolysis) is 1. The second-order valence-electron chi connectivity index (χ2n) is 7.53. The minimum absolute atomic E-state index is 0.491. The Morgan fingerprint density at radius 2 is 1.81 bits per heavy atom. The van der Waals surface area contributed by atoms with Gasteiger partial charge >= 0.3 is 6.09 Å². The van der Waals surface area contributed by atoms with E-state index in [0.29, 0.717) is 5.70 Å². The van der Waals surface area contributed by atoms with E-state index in [1.165, 1.54) is 0 Å². The van der Waals surface area contributed by atoms with Crippen molar-refractivity contribution in [3.63, 3.8) is 0 Å². The van der Waals surface area contributed by atoms with E-state index in [-0.39, 0.29) is 0 Å². The Bertz CT molecular complexity index is 853. The maximum atomic E-state index is 12.0. The number of rotatable bonds is 2. The molecule has 1 aromatic carbocycles. The van der Waals surface area contributed by atoms with Crippen LogP contribution >= 0.6 is 0 Å². The smallest absolute Gasteiger partial charge is 0.412 e. The predicted octanol–water partition coefficient (Wildman–Crippen LogP) is 4.88. The summed E-state index contributed by atoms with van der Waals surface area (Å²) in [5.41, 5.74) is 12.0. The fourth-order valence-electron chi connectivity index (χ4n) is 2.46. The maximum Gasteiger partial charge on any atom is 0.412 e. The molecule has 1 aromatic rings. The molecule has 0 unspecified atom stereocenters. The van der Waals surface area contributed by atoms with Crippen molar-refractivity contribution in [1.82, 2.24) is 5.32 Å². The lowest BCUT2D eigenvalue weighted by molar-refractivity contribution is 0.0547. The lowest BCUT2D eigenvalue weighted by Gasteiger charge is -2.22. The third kappa shape index (κ3) is 4.85. The summed E-state index contributed by atoms with van der Waals surface area (Å²) in [6, 6.07) is 3.88. The average Bonchev–Trinajstić information content (AvgIpc) is 2.47. The first kappa shape index (κ1) is 19.5. The number of hydrogen-bond donors (Lipinski definition) is 2. The molecule has 0 heterocycles. The summed E-state index contributed by atoms with van der Waals surface area (Å²) in [5, 5.41) is 2.77. The van der Waals surface area contributed by atoms with Crippen LogP contribution in [-0.2, 0) is 4.74 Å². The minimum Gasteiger partial charge on any atom is -0.444 e. The third-order valence-electron chi connectivity index (χ3n) is 3.89. The van der Waals surface area contributed by atoms with Crippen molar-refractivity contribution in [2.24, 2.45) is 4.99 Å². The Morgan fingerprint density at radius 1 is 1.15 bits per heavy atom. The van der Waals surface area contributed by atoms with Crippen molar-refractivity contribution >= 4 is 23.2 Å². The number of aliphatic imine (C=N–C) groups is 1. The molecule has 0 radical (unpaired) electrons. The lowest BCUT2D eigenvalue weighted by Crippen LogP contribution is -2.33. The average molecular weight is 353 g/mol. The van der Waals surface area contributed by atoms with Gasteiger partial charge < -0.3 is 10.5 Å². The Labute approximate surface area is 155 Å². The van der Waals surface area contributed by atoms with Crippen LogP contribution in [-0.4, -0.2) is 17.4 Å². The van der Waals surface area contributed by atoms with Gasteiger partial charge in [0.25, 0.3) is 0 Å². The van der Waals surface area contributed by atoms with Crippen molar-refractivity contribution in [1.29, 1.82) is 0 Å². The van der Waals surface area contributed by atoms with Crippen LogP contribution < -0.4 is 11.1 Å². The van der Waals surface area contributed by atoms with E-state index < -0.39 is 11.7 Å². The molecule has 0 fully saturated rings. The van der Waals surface area contributed by atoms with Gasteiger partial charge in [0, 0.05) is 11.4 Å². The summed E-state index contributed by atoms with van der Waals surface area (Å²) in [6.07, 6.45) is 3.22. The molecule has 0 aromatic heterocycles. The number of nitrogens with two attached hydrogens (primary N) is 1. The Kier molecular flexibility index (Phi) is 5.40. The zero-order chi connectivity index (χ0) is 19.6. The third-order valence-corrected chi connectivity index (χ3v) is 3.89. The Balaban J connectivity index is 2.25. The summed E-state index contributed by atoms with van der Waals surface area (Å²) < 4.78 is 5.30. The molecule has 5 heteroatoms. The van der Waals surface area contributed by atoms with Crippen molar-refractivity contribution < 1.29 is 9.53 Å². The van der Waals surface area contributed by atoms with Crippen molar-refractivity contribution in [3.05, 3.63) is 58.8 Å². The number of hydrogen-bond acceptors (Lipinski definition) is 4. The quantitative estimate of drug-likeness (QED) is 0.744. The van der Waals surface area contributed by atoms with Gasteiger partial charge in [0.05, 0.1) is 11.4 Å². The number of nitrogens with zero attached hydrogens (tertiary/aromatic N) is 1. The van der Waals surface area contributed by atoms with Gasteiger partial charge in [-0.2, -0.15) is 0 Å². The molecular weight excluding hydrogens is 326 g/mol. The molecule has 3 N–H and O–H groups in total. The molecule has 0 aliphatic heterocycles. The fourth-order valence-corrected chi connectivity index (χ4v) is 2.46. The van der Waals surface area contributed by atoms with Crippen LogP contribution in [0.15, 0.2) is 52.7 Å². The van der Waals surface area contributed by atoms with Crippen LogP contribution in [0, 0.1) is 13.8 Å². The fraction of sp³-hybridized carbons (Fsp3) is 0.333. The van der Waals surface area contributed by atoms with Gasteiger partial charge in [-0.1, -0.05) is 6.58 Å². The highest BCUT2D eigenvalue weighted by Crippen LogP contribution is 2.27. The molecule has 0 saturated heterocycles. The molecule has 0 atom stereocenters. The van der Waals surface area contributed by atoms with Gasteiger partial charge in [0.2, 0.25) is 0 Å². The number of amides is 1. The lowest BCUT2D eigenvalue weighted by atomic mass is 9.99. The number of allylic oxidation sites excluding steroid dienone is 4. The van der Waals surface area contributed by atoms with E-state index in [2.05, 4.69) is 11.9 Å². The summed E-state index contributed by atoms with van der Waals surface area (Å²) in [7, 11) is 0. The second-order valence-corrected chi connectivity index (χ2v) is 7.53. The Hall–Kier alpha value is -2.82. The summed E-state index contributed by atoms with van der Waals surface area (Å²) >= 11 is 0. The normalized spacial score (nSPS) is 16.2. The van der Waals surface area contributed by atoms with Crippen molar-refractivity contribution in [2.45, 2.75) is 47.1 Å². The number of carbonyl (C=O) groups excluding carboxylic acids is 1. The van der Waals surface area contributed by atoms with Crippen LogP contribution in [0.2, 0.25) is 0 Å². The summed E-state index contributed by atoms with van der Waals surface area (Å²) in [5.74, 6) is 0. The van der Waals surface area contributed by atoms with Gasteiger partial charge in [-0.15, -0.1) is 0 Å². The van der Waals surface area contributed by atoms with Gasteiger partial charge in [-0.05, 0) is 88.1 Å². The highest BCUT2D eigenvalue weighted by molar-refractivity contribution is 6.13. The number of aryl methyl sites for hydroxylation is 2. The minimum atomic E-state index is -0.550. The standard InChI is InChI=1S/C21H27N3O2/c1-12-9-17(13(2)8-16(12)22)23-18-10-15(4)19(11-14(18)3)24-20(25)26-21(5,6)7/h8-11H,3,22H2,1-2,4-7H3,(H,24,25)/b23-18-. The molecular formula is C21H27N3O2. The number of carbonyl (C=O) groups is 1. The van der Waals surface area contributed by atoms with E-state index in [9.17, 15) is 4.79 Å². The number of benzene rings is 1. The van der Waals surface area contributed by atoms with Crippen LogP contribution in [0.4, 0.5) is 16.2 Å². The van der Waals surface area contributed by atoms with Gasteiger partial charge in [-0.3, -0.25) is 5.32 Å². The molecule has 0 spiro atoms. The molecule has 2 rings (SSSR count). The molecule has 1 aliphatic carbocycles. The first-order chi connectivity index (χ1) is 12.0. The van der Waals surface area contributed by atoms with E-state index in [1.807, 2.05) is 59.8 Å².